The molecule has 0 radical (unpaired) electrons. The number of piperazine rings is 1. The summed E-state index contributed by atoms with van der Waals surface area (Å²) in [7, 11) is 3.53. The molecule has 5 aliphatic rings. The highest BCUT2D eigenvalue weighted by molar-refractivity contribution is 6.18. The molecule has 0 unspecified atom stereocenters. The lowest BCUT2D eigenvalue weighted by molar-refractivity contribution is 0.0248. The number of nitrogens with zero attached hydrogens (tertiary/aromatic N) is 8. The van der Waals surface area contributed by atoms with E-state index in [4.69, 9.17) is 31.0 Å². The second-order valence-electron chi connectivity index (χ2n) is 17.2. The number of terminal acetylenes is 1. The minimum atomic E-state index is -0.649. The van der Waals surface area contributed by atoms with E-state index in [1.165, 1.54) is 44.1 Å². The van der Waals surface area contributed by atoms with Gasteiger partial charge in [-0.15, -0.1) is 6.42 Å². The number of anilines is 1. The number of phenolic OH excluding ortho intramolecular Hbond substituents is 1. The van der Waals surface area contributed by atoms with E-state index in [1.807, 2.05) is 6.20 Å². The van der Waals surface area contributed by atoms with Gasteiger partial charge in [-0.05, 0) is 87.2 Å². The Morgan fingerprint density at radius 3 is 2.44 bits per heavy atom. The number of phenols is 1. The van der Waals surface area contributed by atoms with Crippen LogP contribution in [0.15, 0.2) is 30.5 Å². The average Bonchev–Trinajstić information content (AvgIpc) is 3.42. The lowest BCUT2D eigenvalue weighted by Gasteiger charge is -2.45. The smallest absolute Gasteiger partial charge is 0.319 e. The number of fused-ring (bicyclic) bond motifs is 6. The Balaban J connectivity index is 1.08. The Morgan fingerprint density at radius 1 is 0.965 bits per heavy atom. The maximum Gasteiger partial charge on any atom is 0.319 e. The Bertz CT molecular complexity index is 2400. The predicted molar refractivity (Wildman–Crippen MR) is 217 cm³/mol. The summed E-state index contributed by atoms with van der Waals surface area (Å²) >= 11 is 0. The predicted octanol–water partition coefficient (Wildman–Crippen LogP) is 5.93. The van der Waals surface area contributed by atoms with Crippen LogP contribution in [0.4, 0.5) is 14.6 Å². The van der Waals surface area contributed by atoms with Crippen LogP contribution in [0.25, 0.3) is 43.7 Å². The van der Waals surface area contributed by atoms with Crippen molar-refractivity contribution in [2.24, 2.45) is 12.5 Å². The van der Waals surface area contributed by atoms with E-state index in [0.717, 1.165) is 78.0 Å². The number of aromatic hydroxyl groups is 1. The molecule has 0 amide bonds. The fourth-order valence-electron chi connectivity index (χ4n) is 10.4. The first-order valence-corrected chi connectivity index (χ1v) is 20.6. The van der Waals surface area contributed by atoms with E-state index >= 15 is 8.78 Å². The number of aryl methyl sites for hydroxylation is 1. The molecule has 1 N–H and O–H groups in total. The van der Waals surface area contributed by atoms with Gasteiger partial charge >= 0.3 is 6.01 Å². The molecule has 298 valence electrons. The van der Waals surface area contributed by atoms with Gasteiger partial charge in [-0.3, -0.25) is 19.4 Å². The number of benzene rings is 3. The summed E-state index contributed by atoms with van der Waals surface area (Å²) in [6.45, 7) is 9.46. The van der Waals surface area contributed by atoms with E-state index < -0.39 is 11.6 Å². The summed E-state index contributed by atoms with van der Waals surface area (Å²) in [6.07, 6.45) is 15.4. The molecule has 0 spiro atoms. The van der Waals surface area contributed by atoms with E-state index in [2.05, 4.69) is 25.5 Å². The Morgan fingerprint density at radius 2 is 1.72 bits per heavy atom. The Labute approximate surface area is 331 Å². The van der Waals surface area contributed by atoms with Crippen LogP contribution in [0.1, 0.15) is 50.5 Å². The minimum absolute atomic E-state index is 0.0119. The molecule has 4 aliphatic heterocycles. The monoisotopic (exact) mass is 776 g/mol. The molecule has 3 aromatic carbocycles. The number of ether oxygens (including phenoxy) is 2. The summed E-state index contributed by atoms with van der Waals surface area (Å²) in [4.78, 5) is 20.2. The van der Waals surface area contributed by atoms with Gasteiger partial charge in [0.05, 0.1) is 17.6 Å². The summed E-state index contributed by atoms with van der Waals surface area (Å²) in [5, 5.41) is 17.8. The SMILES string of the molecule is C#Cc1c(F)ccc2cc(O)cc(-c3c(F)c4nc(OCC5(CN6CC(N7CCCC7)C6)CC5)nc(N5[C@@H]6CC[C@H]5CN(CCCOC)C6)c4c4cn(C)nc34)c12. The fraction of sp³-hybridized carbons (Fsp3) is 0.523. The number of methoxy groups -OCH3 is 1. The maximum absolute atomic E-state index is 17.9. The molecule has 5 fully saturated rings. The number of hydrogen-bond acceptors (Lipinski definition) is 10. The lowest BCUT2D eigenvalue weighted by atomic mass is 9.91. The van der Waals surface area contributed by atoms with Gasteiger partial charge in [0.25, 0.3) is 0 Å². The van der Waals surface area contributed by atoms with Gasteiger partial charge in [0.2, 0.25) is 0 Å². The number of rotatable bonds is 12. The molecule has 2 aromatic heterocycles. The molecule has 4 saturated heterocycles. The van der Waals surface area contributed by atoms with Gasteiger partial charge in [-0.1, -0.05) is 12.0 Å². The highest BCUT2D eigenvalue weighted by atomic mass is 19.1. The average molecular weight is 777 g/mol. The van der Waals surface area contributed by atoms with Gasteiger partial charge in [-0.2, -0.15) is 15.1 Å². The first kappa shape index (κ1) is 36.7. The Hall–Kier alpha value is -4.61. The van der Waals surface area contributed by atoms with Crippen LogP contribution < -0.4 is 9.64 Å². The quantitative estimate of drug-likeness (QED) is 0.122. The normalized spacial score (nSPS) is 22.5. The van der Waals surface area contributed by atoms with Crippen LogP contribution in [0.2, 0.25) is 0 Å². The molecule has 57 heavy (non-hydrogen) atoms. The lowest BCUT2D eigenvalue weighted by Crippen LogP contribution is -2.60. The van der Waals surface area contributed by atoms with Gasteiger partial charge in [-0.25, -0.2) is 8.78 Å². The molecule has 13 heteroatoms. The second kappa shape index (κ2) is 14.3. The van der Waals surface area contributed by atoms with Crippen LogP contribution in [-0.2, 0) is 11.8 Å². The highest BCUT2D eigenvalue weighted by Gasteiger charge is 2.48. The van der Waals surface area contributed by atoms with E-state index in [0.29, 0.717) is 45.5 Å². The summed E-state index contributed by atoms with van der Waals surface area (Å²) in [6, 6.07) is 6.90. The first-order valence-electron chi connectivity index (χ1n) is 20.6. The van der Waals surface area contributed by atoms with Crippen LogP contribution in [0.5, 0.6) is 11.8 Å². The number of likely N-dealkylation sites (tertiary alicyclic amines) is 3. The van der Waals surface area contributed by atoms with Crippen LogP contribution >= 0.6 is 0 Å². The third-order valence-electron chi connectivity index (χ3n) is 13.3. The van der Waals surface area contributed by atoms with Crippen molar-refractivity contribution in [3.63, 3.8) is 0 Å². The number of halogens is 2. The van der Waals surface area contributed by atoms with Crippen molar-refractivity contribution in [3.8, 4) is 35.2 Å². The van der Waals surface area contributed by atoms with E-state index in [9.17, 15) is 5.11 Å². The Kier molecular flexibility index (Phi) is 9.24. The summed E-state index contributed by atoms with van der Waals surface area (Å²) in [5.74, 6) is 1.77. The van der Waals surface area contributed by atoms with Gasteiger partial charge < -0.3 is 19.5 Å². The molecular formula is C44H50F2N8O3. The maximum atomic E-state index is 17.9. The van der Waals surface area contributed by atoms with E-state index in [-0.39, 0.29) is 51.5 Å². The molecule has 10 rings (SSSR count). The van der Waals surface area contributed by atoms with Crippen molar-refractivity contribution in [2.45, 2.75) is 63.1 Å². The van der Waals surface area contributed by atoms with Crippen molar-refractivity contribution >= 4 is 38.4 Å². The third-order valence-corrected chi connectivity index (χ3v) is 13.3. The van der Waals surface area contributed by atoms with Crippen LogP contribution in [0, 0.1) is 29.4 Å². The number of hydrogen-bond donors (Lipinski definition) is 1. The summed E-state index contributed by atoms with van der Waals surface area (Å²) in [5.41, 5.74) is 0.794. The van der Waals surface area contributed by atoms with Gasteiger partial charge in [0.15, 0.2) is 5.82 Å². The molecule has 6 heterocycles. The topological polar surface area (TPSA) is 95.3 Å². The van der Waals surface area contributed by atoms with Crippen molar-refractivity contribution in [1.82, 2.24) is 34.4 Å². The van der Waals surface area contributed by atoms with Crippen molar-refractivity contribution in [1.29, 1.82) is 0 Å². The molecule has 2 atom stereocenters. The molecular weight excluding hydrogens is 727 g/mol. The van der Waals surface area contributed by atoms with Crippen molar-refractivity contribution < 1.29 is 23.4 Å². The molecule has 1 aliphatic carbocycles. The van der Waals surface area contributed by atoms with E-state index in [1.54, 1.807) is 24.9 Å². The zero-order valence-corrected chi connectivity index (χ0v) is 32.8. The molecule has 2 bridgehead atoms. The largest absolute Gasteiger partial charge is 0.508 e. The van der Waals surface area contributed by atoms with Crippen LogP contribution in [0.3, 0.4) is 0 Å². The first-order chi connectivity index (χ1) is 27.7. The molecule has 1 saturated carbocycles. The zero-order valence-electron chi connectivity index (χ0n) is 32.8. The van der Waals surface area contributed by atoms with Crippen molar-refractivity contribution in [3.05, 3.63) is 47.7 Å². The van der Waals surface area contributed by atoms with Gasteiger partial charge in [0, 0.05) is 106 Å². The zero-order chi connectivity index (χ0) is 39.0. The highest BCUT2D eigenvalue weighted by Crippen LogP contribution is 2.49. The standard InChI is InChI=1S/C44H50F2N8O3/c1-4-32-35(45)11-8-27-18-31(55)19-33(36(27)32)37-39(46)41-38(34-24-50(2)49-40(34)37)42(54-28-9-10-29(54)21-51(20-28)14-7-17-56-3)48-43(47-41)57-26-44(12-13-44)25-52-22-30(23-52)53-15-5-6-16-53/h1,8,11,18-19,24,28-30,55H,5-7,9-10,12-17,20-23,25-26H2,2-3H3/t28-,29+. The summed E-state index contributed by atoms with van der Waals surface area (Å²) < 4.78 is 46.8. The second-order valence-corrected chi connectivity index (χ2v) is 17.2. The molecule has 11 nitrogen and oxygen atoms in total. The minimum Gasteiger partial charge on any atom is -0.508 e. The molecule has 5 aromatic rings. The third kappa shape index (κ3) is 6.45. The fourth-order valence-corrected chi connectivity index (χ4v) is 10.4. The van der Waals surface area contributed by atoms with Gasteiger partial charge in [0.1, 0.15) is 28.4 Å². The number of aromatic nitrogens is 4. The van der Waals surface area contributed by atoms with Crippen molar-refractivity contribution in [2.75, 3.05) is 77.6 Å². The van der Waals surface area contributed by atoms with Crippen LogP contribution in [-0.4, -0.2) is 130 Å².